The van der Waals surface area contributed by atoms with Gasteiger partial charge in [0.15, 0.2) is 0 Å². The van der Waals surface area contributed by atoms with Crippen molar-refractivity contribution in [2.24, 2.45) is 0 Å². The lowest BCUT2D eigenvalue weighted by atomic mass is 9.85. The number of phenols is 1. The SMILES string of the molecule is COc1ccc(C(C)(C)C)cc1/C(O)=C1\C(=O)C(=O)N(c2cccc(Cl)c2)C1c1ccc(O)cc1. The maximum Gasteiger partial charge on any atom is 0.300 e. The van der Waals surface area contributed by atoms with Gasteiger partial charge in [-0.3, -0.25) is 14.5 Å². The van der Waals surface area contributed by atoms with Crippen molar-refractivity contribution in [3.63, 3.8) is 0 Å². The first-order valence-electron chi connectivity index (χ1n) is 11.1. The quantitative estimate of drug-likeness (QED) is 0.266. The summed E-state index contributed by atoms with van der Waals surface area (Å²) in [5.74, 6) is -1.56. The number of aliphatic hydroxyl groups excluding tert-OH is 1. The number of hydrogen-bond donors (Lipinski definition) is 2. The van der Waals surface area contributed by atoms with Crippen molar-refractivity contribution in [1.29, 1.82) is 0 Å². The molecule has 0 spiro atoms. The van der Waals surface area contributed by atoms with Gasteiger partial charge in [0.1, 0.15) is 17.3 Å². The van der Waals surface area contributed by atoms with Gasteiger partial charge in [-0.2, -0.15) is 0 Å². The number of carbonyl (C=O) groups excluding carboxylic acids is 2. The van der Waals surface area contributed by atoms with Crippen LogP contribution in [0.5, 0.6) is 11.5 Å². The second-order valence-electron chi connectivity index (χ2n) is 9.41. The number of ether oxygens (including phenoxy) is 1. The number of carbonyl (C=O) groups is 2. The zero-order valence-corrected chi connectivity index (χ0v) is 20.6. The van der Waals surface area contributed by atoms with E-state index in [1.807, 2.05) is 26.8 Å². The first-order chi connectivity index (χ1) is 16.5. The Bertz CT molecular complexity index is 1340. The molecule has 1 fully saturated rings. The van der Waals surface area contributed by atoms with Gasteiger partial charge >= 0.3 is 0 Å². The Morgan fingerprint density at radius 2 is 1.69 bits per heavy atom. The van der Waals surface area contributed by atoms with Crippen molar-refractivity contribution >= 4 is 34.7 Å². The Labute approximate surface area is 209 Å². The molecule has 1 unspecified atom stereocenters. The van der Waals surface area contributed by atoms with E-state index >= 15 is 0 Å². The highest BCUT2D eigenvalue weighted by Crippen LogP contribution is 2.44. The monoisotopic (exact) mass is 491 g/mol. The minimum atomic E-state index is -0.947. The average molecular weight is 492 g/mol. The Morgan fingerprint density at radius 1 is 1.00 bits per heavy atom. The van der Waals surface area contributed by atoms with E-state index in [1.165, 1.54) is 24.1 Å². The number of Topliss-reactive ketones (excluding diaryl/α,β-unsaturated/α-hetero) is 1. The number of halogens is 1. The number of ketones is 1. The molecule has 35 heavy (non-hydrogen) atoms. The van der Waals surface area contributed by atoms with Crippen molar-refractivity contribution in [2.45, 2.75) is 32.2 Å². The summed E-state index contributed by atoms with van der Waals surface area (Å²) in [6, 6.07) is 17.2. The molecule has 1 amide bonds. The Hall–Kier alpha value is -3.77. The molecule has 0 bridgehead atoms. The van der Waals surface area contributed by atoms with Gasteiger partial charge in [0.25, 0.3) is 11.7 Å². The predicted molar refractivity (Wildman–Crippen MR) is 136 cm³/mol. The number of methoxy groups -OCH3 is 1. The number of nitrogens with zero attached hydrogens (tertiary/aromatic N) is 1. The van der Waals surface area contributed by atoms with E-state index in [1.54, 1.807) is 48.5 Å². The van der Waals surface area contributed by atoms with Crippen LogP contribution in [0.1, 0.15) is 43.5 Å². The summed E-state index contributed by atoms with van der Waals surface area (Å²) in [6.45, 7) is 6.10. The summed E-state index contributed by atoms with van der Waals surface area (Å²) in [6.07, 6.45) is 0. The van der Waals surface area contributed by atoms with Crippen molar-refractivity contribution in [3.8, 4) is 11.5 Å². The van der Waals surface area contributed by atoms with Crippen molar-refractivity contribution in [2.75, 3.05) is 12.0 Å². The van der Waals surface area contributed by atoms with Crippen molar-refractivity contribution < 1.29 is 24.5 Å². The minimum Gasteiger partial charge on any atom is -0.508 e. The van der Waals surface area contributed by atoms with E-state index in [9.17, 15) is 19.8 Å². The standard InChI is InChI=1S/C28H26ClNO5/c1-28(2,3)17-10-13-22(35-4)21(14-17)25(32)23-24(16-8-11-20(31)12-9-16)30(27(34)26(23)33)19-7-5-6-18(29)15-19/h5-15,24,31-32H,1-4H3/b25-23+. The van der Waals surface area contributed by atoms with E-state index in [0.717, 1.165) is 5.56 Å². The van der Waals surface area contributed by atoms with Crippen LogP contribution in [0.25, 0.3) is 5.76 Å². The Morgan fingerprint density at radius 3 is 2.29 bits per heavy atom. The molecule has 0 radical (unpaired) electrons. The maximum absolute atomic E-state index is 13.4. The lowest BCUT2D eigenvalue weighted by Crippen LogP contribution is -2.29. The number of amides is 1. The second kappa shape index (κ2) is 9.12. The molecular formula is C28H26ClNO5. The fourth-order valence-electron chi connectivity index (χ4n) is 4.20. The van der Waals surface area contributed by atoms with E-state index < -0.39 is 17.7 Å². The second-order valence-corrected chi connectivity index (χ2v) is 9.84. The summed E-state index contributed by atoms with van der Waals surface area (Å²) < 4.78 is 5.49. The molecule has 1 saturated heterocycles. The van der Waals surface area contributed by atoms with Crippen LogP contribution < -0.4 is 9.64 Å². The van der Waals surface area contributed by atoms with Crippen molar-refractivity contribution in [1.82, 2.24) is 0 Å². The fourth-order valence-corrected chi connectivity index (χ4v) is 4.39. The van der Waals surface area contributed by atoms with Crippen LogP contribution >= 0.6 is 11.6 Å². The van der Waals surface area contributed by atoms with Gasteiger partial charge in [-0.1, -0.05) is 56.6 Å². The summed E-state index contributed by atoms with van der Waals surface area (Å²) in [5, 5.41) is 21.7. The van der Waals surface area contributed by atoms with E-state index in [-0.39, 0.29) is 22.5 Å². The molecule has 1 heterocycles. The van der Waals surface area contributed by atoms with Crippen LogP contribution in [0.3, 0.4) is 0 Å². The normalized spacial score (nSPS) is 17.6. The highest BCUT2D eigenvalue weighted by Gasteiger charge is 2.47. The first-order valence-corrected chi connectivity index (χ1v) is 11.4. The molecule has 0 saturated carbocycles. The summed E-state index contributed by atoms with van der Waals surface area (Å²) >= 11 is 6.18. The number of aliphatic hydroxyl groups is 1. The number of hydrogen-bond acceptors (Lipinski definition) is 5. The minimum absolute atomic E-state index is 0.0352. The fraction of sp³-hybridized carbons (Fsp3) is 0.214. The molecule has 1 atom stereocenters. The molecule has 0 aliphatic carbocycles. The number of benzene rings is 3. The average Bonchev–Trinajstić information content (AvgIpc) is 3.08. The van der Waals surface area contributed by atoms with Gasteiger partial charge in [-0.15, -0.1) is 0 Å². The van der Waals surface area contributed by atoms with Gasteiger partial charge in [0.2, 0.25) is 0 Å². The number of anilines is 1. The lowest BCUT2D eigenvalue weighted by molar-refractivity contribution is -0.132. The topological polar surface area (TPSA) is 87.1 Å². The van der Waals surface area contributed by atoms with Gasteiger partial charge in [-0.25, -0.2) is 0 Å². The highest BCUT2D eigenvalue weighted by atomic mass is 35.5. The third kappa shape index (κ3) is 4.49. The third-order valence-corrected chi connectivity index (χ3v) is 6.30. The van der Waals surface area contributed by atoms with E-state index in [4.69, 9.17) is 16.3 Å². The van der Waals surface area contributed by atoms with Gasteiger partial charge < -0.3 is 14.9 Å². The molecule has 2 N–H and O–H groups in total. The van der Waals surface area contributed by atoms with Gasteiger partial charge in [0.05, 0.1) is 24.3 Å². The van der Waals surface area contributed by atoms with Crippen LogP contribution in [0.15, 0.2) is 72.3 Å². The van der Waals surface area contributed by atoms with Crippen LogP contribution in [0, 0.1) is 0 Å². The zero-order chi connectivity index (χ0) is 25.5. The molecule has 1 aliphatic rings. The zero-order valence-electron chi connectivity index (χ0n) is 19.9. The number of phenolic OH excluding ortho intramolecular Hbond substituents is 1. The molecule has 3 aromatic carbocycles. The molecule has 3 aromatic rings. The summed E-state index contributed by atoms with van der Waals surface area (Å²) in [5.41, 5.74) is 1.87. The first kappa shape index (κ1) is 24.4. The molecule has 1 aliphatic heterocycles. The van der Waals surface area contributed by atoms with Gasteiger partial charge in [-0.05, 0) is 59.0 Å². The molecule has 7 heteroatoms. The van der Waals surface area contributed by atoms with Crippen LogP contribution in [0.2, 0.25) is 5.02 Å². The number of aromatic hydroxyl groups is 1. The summed E-state index contributed by atoms with van der Waals surface area (Å²) in [7, 11) is 1.48. The van der Waals surface area contributed by atoms with E-state index in [0.29, 0.717) is 27.6 Å². The smallest absolute Gasteiger partial charge is 0.300 e. The molecule has 0 aromatic heterocycles. The predicted octanol–water partition coefficient (Wildman–Crippen LogP) is 5.98. The molecule has 4 rings (SSSR count). The highest BCUT2D eigenvalue weighted by molar-refractivity contribution is 6.51. The maximum atomic E-state index is 13.4. The number of rotatable bonds is 4. The van der Waals surface area contributed by atoms with Crippen molar-refractivity contribution in [3.05, 3.63) is 94.0 Å². The Balaban J connectivity index is 2.00. The third-order valence-electron chi connectivity index (χ3n) is 6.06. The largest absolute Gasteiger partial charge is 0.508 e. The summed E-state index contributed by atoms with van der Waals surface area (Å²) in [4.78, 5) is 28.0. The Kier molecular flexibility index (Phi) is 6.34. The molecular weight excluding hydrogens is 466 g/mol. The van der Waals surface area contributed by atoms with E-state index in [2.05, 4.69) is 0 Å². The van der Waals surface area contributed by atoms with Gasteiger partial charge in [0, 0.05) is 10.7 Å². The lowest BCUT2D eigenvalue weighted by Gasteiger charge is -2.26. The molecule has 180 valence electrons. The van der Waals surface area contributed by atoms with Crippen LogP contribution in [-0.2, 0) is 15.0 Å². The van der Waals surface area contributed by atoms with Crippen LogP contribution in [-0.4, -0.2) is 29.0 Å². The van der Waals surface area contributed by atoms with Crippen LogP contribution in [0.4, 0.5) is 5.69 Å². The molecule has 6 nitrogen and oxygen atoms in total.